The second kappa shape index (κ2) is 5.87. The van der Waals surface area contributed by atoms with Crippen molar-refractivity contribution in [3.8, 4) is 0 Å². The van der Waals surface area contributed by atoms with Crippen LogP contribution in [-0.4, -0.2) is 10.5 Å². The van der Waals surface area contributed by atoms with Crippen molar-refractivity contribution < 1.29 is 9.18 Å². The first-order valence-electron chi connectivity index (χ1n) is 5.67. The maximum absolute atomic E-state index is 12.9. The van der Waals surface area contributed by atoms with Gasteiger partial charge in [0.25, 0.3) is 5.56 Å². The number of rotatable bonds is 3. The van der Waals surface area contributed by atoms with Crippen LogP contribution in [0.3, 0.4) is 0 Å². The number of amides is 1. The molecule has 0 unspecified atom stereocenters. The molecule has 1 aromatic carbocycles. The average Bonchev–Trinajstić information content (AvgIpc) is 2.38. The van der Waals surface area contributed by atoms with Gasteiger partial charge in [0.1, 0.15) is 12.4 Å². The number of carbonyl (C=O) groups is 1. The van der Waals surface area contributed by atoms with Crippen molar-refractivity contribution in [2.24, 2.45) is 0 Å². The van der Waals surface area contributed by atoms with Crippen molar-refractivity contribution in [2.45, 2.75) is 6.54 Å². The maximum atomic E-state index is 12.9. The first-order valence-corrected chi connectivity index (χ1v) is 6.46. The Morgan fingerprint density at radius 3 is 2.85 bits per heavy atom. The molecule has 104 valence electrons. The van der Waals surface area contributed by atoms with Gasteiger partial charge in [-0.1, -0.05) is 0 Å². The number of aromatic nitrogens is 1. The minimum Gasteiger partial charge on any atom is -0.397 e. The lowest BCUT2D eigenvalue weighted by Gasteiger charge is -2.09. The van der Waals surface area contributed by atoms with Gasteiger partial charge >= 0.3 is 0 Å². The van der Waals surface area contributed by atoms with Gasteiger partial charge in [-0.3, -0.25) is 9.59 Å². The summed E-state index contributed by atoms with van der Waals surface area (Å²) in [5.41, 5.74) is 5.71. The number of pyridine rings is 1. The molecule has 0 atom stereocenters. The second-order valence-corrected chi connectivity index (χ2v) is 4.92. The zero-order valence-corrected chi connectivity index (χ0v) is 11.9. The molecule has 0 fully saturated rings. The predicted octanol–water partition coefficient (Wildman–Crippen LogP) is 1.97. The summed E-state index contributed by atoms with van der Waals surface area (Å²) < 4.78 is 14.5. The van der Waals surface area contributed by atoms with E-state index in [9.17, 15) is 14.0 Å². The number of benzene rings is 1. The van der Waals surface area contributed by atoms with E-state index in [0.717, 1.165) is 6.07 Å². The molecule has 0 radical (unpaired) electrons. The highest BCUT2D eigenvalue weighted by atomic mass is 79.9. The minimum atomic E-state index is -0.483. The molecule has 2 aromatic rings. The van der Waals surface area contributed by atoms with Gasteiger partial charge in [0.2, 0.25) is 5.91 Å². The quantitative estimate of drug-likeness (QED) is 0.839. The number of hydrogen-bond donors (Lipinski definition) is 2. The first-order chi connectivity index (χ1) is 9.47. The fraction of sp³-hybridized carbons (Fsp3) is 0.0769. The molecular weight excluding hydrogens is 329 g/mol. The molecule has 1 aromatic heterocycles. The maximum Gasteiger partial charge on any atom is 0.265 e. The zero-order valence-electron chi connectivity index (χ0n) is 10.3. The molecule has 1 amide bonds. The monoisotopic (exact) mass is 339 g/mol. The predicted molar refractivity (Wildman–Crippen MR) is 77.8 cm³/mol. The molecule has 7 heteroatoms. The molecule has 0 aliphatic heterocycles. The minimum absolute atomic E-state index is 0.125. The molecule has 5 nitrogen and oxygen atoms in total. The Kier molecular flexibility index (Phi) is 4.19. The third-order valence-electron chi connectivity index (χ3n) is 2.58. The molecule has 0 aliphatic rings. The van der Waals surface area contributed by atoms with Crippen molar-refractivity contribution in [3.05, 3.63) is 57.2 Å². The summed E-state index contributed by atoms with van der Waals surface area (Å²) in [5, 5.41) is 2.53. The van der Waals surface area contributed by atoms with Gasteiger partial charge in [0.15, 0.2) is 0 Å². The van der Waals surface area contributed by atoms with E-state index in [0.29, 0.717) is 10.2 Å². The van der Waals surface area contributed by atoms with E-state index in [1.807, 2.05) is 0 Å². The van der Waals surface area contributed by atoms with Crippen LogP contribution in [0.25, 0.3) is 0 Å². The van der Waals surface area contributed by atoms with E-state index < -0.39 is 11.7 Å². The first kappa shape index (κ1) is 14.3. The van der Waals surface area contributed by atoms with Crippen molar-refractivity contribution >= 4 is 33.2 Å². The lowest BCUT2D eigenvalue weighted by Crippen LogP contribution is -2.27. The topological polar surface area (TPSA) is 77.1 Å². The summed E-state index contributed by atoms with van der Waals surface area (Å²) in [5.74, 6) is -0.910. The van der Waals surface area contributed by atoms with Gasteiger partial charge in [-0.05, 0) is 46.3 Å². The Bertz CT molecular complexity index is 715. The Morgan fingerprint density at radius 2 is 2.15 bits per heavy atom. The highest BCUT2D eigenvalue weighted by Crippen LogP contribution is 2.18. The van der Waals surface area contributed by atoms with Gasteiger partial charge in [-0.25, -0.2) is 4.39 Å². The largest absolute Gasteiger partial charge is 0.397 e. The van der Waals surface area contributed by atoms with Crippen molar-refractivity contribution in [2.75, 3.05) is 11.1 Å². The molecular formula is C13H11BrFN3O2. The van der Waals surface area contributed by atoms with Crippen LogP contribution in [0.4, 0.5) is 15.8 Å². The SMILES string of the molecule is Nc1cc(F)ccc1NC(=O)Cn1cccc(Br)c1=O. The summed E-state index contributed by atoms with van der Waals surface area (Å²) in [6.07, 6.45) is 1.50. The summed E-state index contributed by atoms with van der Waals surface area (Å²) in [7, 11) is 0. The fourth-order valence-electron chi connectivity index (χ4n) is 1.62. The molecule has 0 spiro atoms. The van der Waals surface area contributed by atoms with E-state index in [2.05, 4.69) is 21.2 Å². The summed E-state index contributed by atoms with van der Waals surface area (Å²) >= 11 is 3.10. The number of hydrogen-bond acceptors (Lipinski definition) is 3. The Balaban J connectivity index is 2.13. The second-order valence-electron chi connectivity index (χ2n) is 4.07. The number of nitrogen functional groups attached to an aromatic ring is 1. The normalized spacial score (nSPS) is 10.3. The van der Waals surface area contributed by atoms with Crippen molar-refractivity contribution in [1.82, 2.24) is 4.57 Å². The van der Waals surface area contributed by atoms with Crippen LogP contribution in [0.15, 0.2) is 45.8 Å². The van der Waals surface area contributed by atoms with Gasteiger partial charge in [-0.2, -0.15) is 0 Å². The fourth-order valence-corrected chi connectivity index (χ4v) is 2.00. The number of nitrogens with zero attached hydrogens (tertiary/aromatic N) is 1. The Labute approximate surface area is 122 Å². The van der Waals surface area contributed by atoms with Gasteiger partial charge < -0.3 is 15.6 Å². The summed E-state index contributed by atoms with van der Waals surface area (Å²) in [6.45, 7) is -0.158. The zero-order chi connectivity index (χ0) is 14.7. The van der Waals surface area contributed by atoms with Crippen LogP contribution in [0, 0.1) is 5.82 Å². The Morgan fingerprint density at radius 1 is 1.40 bits per heavy atom. The number of carbonyl (C=O) groups excluding carboxylic acids is 1. The third kappa shape index (κ3) is 3.24. The molecule has 1 heterocycles. The standard InChI is InChI=1S/C13H11BrFN3O2/c14-9-2-1-5-18(13(9)20)7-12(19)17-11-4-3-8(15)6-10(11)16/h1-6H,7,16H2,(H,17,19). The molecule has 0 aliphatic carbocycles. The smallest absolute Gasteiger partial charge is 0.265 e. The molecule has 2 rings (SSSR count). The molecule has 0 bridgehead atoms. The third-order valence-corrected chi connectivity index (χ3v) is 3.18. The highest BCUT2D eigenvalue weighted by Gasteiger charge is 2.08. The highest BCUT2D eigenvalue weighted by molar-refractivity contribution is 9.10. The summed E-state index contributed by atoms with van der Waals surface area (Å²) in [4.78, 5) is 23.6. The van der Waals surface area contributed by atoms with Crippen LogP contribution in [-0.2, 0) is 11.3 Å². The number of nitrogens with one attached hydrogen (secondary N) is 1. The number of halogens is 2. The number of anilines is 2. The lowest BCUT2D eigenvalue weighted by atomic mass is 10.2. The van der Waals surface area contributed by atoms with E-state index in [1.165, 1.54) is 22.9 Å². The van der Waals surface area contributed by atoms with E-state index in [1.54, 1.807) is 12.1 Å². The van der Waals surface area contributed by atoms with Crippen molar-refractivity contribution in [1.29, 1.82) is 0 Å². The summed E-state index contributed by atoms with van der Waals surface area (Å²) in [6, 6.07) is 6.91. The van der Waals surface area contributed by atoms with Crippen molar-refractivity contribution in [3.63, 3.8) is 0 Å². The van der Waals surface area contributed by atoms with Crippen LogP contribution >= 0.6 is 15.9 Å². The van der Waals surface area contributed by atoms with Gasteiger partial charge in [-0.15, -0.1) is 0 Å². The van der Waals surface area contributed by atoms with Crippen LogP contribution in [0.5, 0.6) is 0 Å². The molecule has 0 saturated heterocycles. The lowest BCUT2D eigenvalue weighted by molar-refractivity contribution is -0.116. The average molecular weight is 340 g/mol. The molecule has 3 N–H and O–H groups in total. The van der Waals surface area contributed by atoms with Crippen LogP contribution in [0.1, 0.15) is 0 Å². The molecule has 20 heavy (non-hydrogen) atoms. The van der Waals surface area contributed by atoms with Gasteiger partial charge in [0, 0.05) is 6.20 Å². The van der Waals surface area contributed by atoms with E-state index in [-0.39, 0.29) is 17.8 Å². The Hall–Kier alpha value is -2.15. The van der Waals surface area contributed by atoms with Crippen LogP contribution in [0.2, 0.25) is 0 Å². The molecule has 0 saturated carbocycles. The van der Waals surface area contributed by atoms with E-state index >= 15 is 0 Å². The van der Waals surface area contributed by atoms with Crippen LogP contribution < -0.4 is 16.6 Å². The number of nitrogens with two attached hydrogens (primary N) is 1. The van der Waals surface area contributed by atoms with Gasteiger partial charge in [0.05, 0.1) is 15.8 Å². The van der Waals surface area contributed by atoms with E-state index in [4.69, 9.17) is 5.73 Å².